The van der Waals surface area contributed by atoms with Crippen molar-refractivity contribution in [2.45, 2.75) is 51.8 Å². The number of fused-ring (bicyclic) bond motifs is 1. The van der Waals surface area contributed by atoms with Crippen LogP contribution in [0.15, 0.2) is 4.99 Å². The Morgan fingerprint density at radius 2 is 2.09 bits per heavy atom. The molecule has 136 valence electrons. The van der Waals surface area contributed by atoms with Crippen molar-refractivity contribution >= 4 is 39.8 Å². The smallest absolute Gasteiger partial charge is 0.191 e. The predicted octanol–water partition coefficient (Wildman–Crippen LogP) is 1.41. The summed E-state index contributed by atoms with van der Waals surface area (Å²) in [7, 11) is -1.18. The molecule has 1 saturated heterocycles. The molecule has 2 N–H and O–H groups in total. The van der Waals surface area contributed by atoms with Crippen LogP contribution in [0.3, 0.4) is 0 Å². The minimum Gasteiger partial charge on any atom is -0.377 e. The molecular formula is C15H30IN3O3S. The molecule has 0 aromatic carbocycles. The lowest BCUT2D eigenvalue weighted by Gasteiger charge is -2.55. The second-order valence-electron chi connectivity index (χ2n) is 7.22. The summed E-state index contributed by atoms with van der Waals surface area (Å²) in [5.41, 5.74) is 0.0920. The molecule has 6 nitrogen and oxygen atoms in total. The van der Waals surface area contributed by atoms with Crippen LogP contribution in [0.5, 0.6) is 0 Å². The van der Waals surface area contributed by atoms with Crippen LogP contribution < -0.4 is 10.6 Å². The Morgan fingerprint density at radius 1 is 1.43 bits per heavy atom. The number of hydrogen-bond donors (Lipinski definition) is 2. The molecule has 0 aromatic rings. The van der Waals surface area contributed by atoms with E-state index in [0.717, 1.165) is 19.0 Å². The Balaban J connectivity index is 0.00000264. The van der Waals surface area contributed by atoms with Gasteiger partial charge in [-0.25, -0.2) is 8.42 Å². The molecular weight excluding hydrogens is 429 g/mol. The highest BCUT2D eigenvalue weighted by molar-refractivity contribution is 14.0. The third-order valence-corrected chi connectivity index (χ3v) is 5.90. The third-order valence-electron chi connectivity index (χ3n) is 4.92. The Morgan fingerprint density at radius 3 is 2.65 bits per heavy atom. The van der Waals surface area contributed by atoms with Gasteiger partial charge in [0.25, 0.3) is 0 Å². The summed E-state index contributed by atoms with van der Waals surface area (Å²) in [6, 6.07) is 0.396. The van der Waals surface area contributed by atoms with Crippen molar-refractivity contribution in [2.24, 2.45) is 16.3 Å². The van der Waals surface area contributed by atoms with Crippen LogP contribution in [0.1, 0.15) is 33.6 Å². The summed E-state index contributed by atoms with van der Waals surface area (Å²) in [6.45, 7) is 7.26. The highest BCUT2D eigenvalue weighted by atomic mass is 127. The van der Waals surface area contributed by atoms with E-state index >= 15 is 0 Å². The first kappa shape index (κ1) is 21.0. The Labute approximate surface area is 157 Å². The molecule has 0 aromatic heterocycles. The van der Waals surface area contributed by atoms with Gasteiger partial charge in [0, 0.05) is 43.3 Å². The van der Waals surface area contributed by atoms with E-state index < -0.39 is 9.84 Å². The first-order valence-electron chi connectivity index (χ1n) is 7.94. The second-order valence-corrected chi connectivity index (χ2v) is 9.48. The van der Waals surface area contributed by atoms with Gasteiger partial charge in [0.2, 0.25) is 0 Å². The van der Waals surface area contributed by atoms with Gasteiger partial charge in [-0.05, 0) is 19.8 Å². The maximum absolute atomic E-state index is 11.2. The molecule has 1 saturated carbocycles. The first-order valence-corrected chi connectivity index (χ1v) is 10.0. The molecule has 4 unspecified atom stereocenters. The molecule has 4 atom stereocenters. The number of guanidine groups is 1. The van der Waals surface area contributed by atoms with Gasteiger partial charge in [-0.2, -0.15) is 0 Å². The zero-order valence-electron chi connectivity index (χ0n) is 14.6. The summed E-state index contributed by atoms with van der Waals surface area (Å²) in [4.78, 5) is 4.28. The highest BCUT2D eigenvalue weighted by Gasteiger charge is 2.59. The molecule has 23 heavy (non-hydrogen) atoms. The Hall–Kier alpha value is -0.0900. The van der Waals surface area contributed by atoms with Crippen molar-refractivity contribution in [3.05, 3.63) is 0 Å². The van der Waals surface area contributed by atoms with Gasteiger partial charge in [0.1, 0.15) is 9.84 Å². The molecule has 2 fully saturated rings. The lowest BCUT2D eigenvalue weighted by atomic mass is 9.57. The SMILES string of the molecule is CN=C(NC(C)CCS(C)(=O)=O)NC1C2CCOC2C1(C)C.I. The monoisotopic (exact) mass is 459 g/mol. The van der Waals surface area contributed by atoms with Crippen molar-refractivity contribution in [1.82, 2.24) is 10.6 Å². The molecule has 0 radical (unpaired) electrons. The zero-order valence-corrected chi connectivity index (χ0v) is 17.8. The van der Waals surface area contributed by atoms with Crippen LogP contribution >= 0.6 is 24.0 Å². The standard InChI is InChI=1S/C15H29N3O3S.HI/c1-10(7-9-22(5,19)20)17-14(16-4)18-12-11-6-8-21-13(11)15(12,2)3;/h10-13H,6-9H2,1-5H3,(H2,16,17,18);1H. The fourth-order valence-corrected chi connectivity index (χ4v) is 4.41. The van der Waals surface area contributed by atoms with Crippen LogP contribution in [0.2, 0.25) is 0 Å². The van der Waals surface area contributed by atoms with Crippen LogP contribution in [0.4, 0.5) is 0 Å². The second kappa shape index (κ2) is 7.86. The van der Waals surface area contributed by atoms with Gasteiger partial charge in [-0.3, -0.25) is 4.99 Å². The van der Waals surface area contributed by atoms with E-state index in [1.165, 1.54) is 6.26 Å². The molecule has 1 aliphatic heterocycles. The van der Waals surface area contributed by atoms with Crippen molar-refractivity contribution in [1.29, 1.82) is 0 Å². The van der Waals surface area contributed by atoms with Gasteiger partial charge < -0.3 is 15.4 Å². The number of halogens is 1. The number of sulfone groups is 1. The molecule has 2 aliphatic rings. The molecule has 0 spiro atoms. The number of ether oxygens (including phenoxy) is 1. The van der Waals surface area contributed by atoms with E-state index in [4.69, 9.17) is 4.74 Å². The van der Waals surface area contributed by atoms with Crippen molar-refractivity contribution in [3.63, 3.8) is 0 Å². The average molecular weight is 459 g/mol. The molecule has 0 bridgehead atoms. The first-order chi connectivity index (χ1) is 10.1. The number of rotatable bonds is 5. The van der Waals surface area contributed by atoms with Crippen molar-refractivity contribution in [3.8, 4) is 0 Å². The predicted molar refractivity (Wildman–Crippen MR) is 104 cm³/mol. The minimum absolute atomic E-state index is 0. The summed E-state index contributed by atoms with van der Waals surface area (Å²) in [6.07, 6.45) is 3.27. The average Bonchev–Trinajstić information content (AvgIpc) is 2.87. The molecule has 1 heterocycles. The van der Waals surface area contributed by atoms with Crippen LogP contribution in [-0.2, 0) is 14.6 Å². The summed E-state index contributed by atoms with van der Waals surface area (Å²) >= 11 is 0. The van der Waals surface area contributed by atoms with E-state index in [1.807, 2.05) is 6.92 Å². The normalized spacial score (nSPS) is 30.7. The van der Waals surface area contributed by atoms with E-state index in [2.05, 4.69) is 29.5 Å². The van der Waals surface area contributed by atoms with Crippen LogP contribution in [0, 0.1) is 11.3 Å². The largest absolute Gasteiger partial charge is 0.377 e. The maximum Gasteiger partial charge on any atom is 0.191 e. The lowest BCUT2D eigenvalue weighted by Crippen LogP contribution is -2.68. The van der Waals surface area contributed by atoms with E-state index in [9.17, 15) is 8.42 Å². The van der Waals surface area contributed by atoms with Crippen molar-refractivity contribution < 1.29 is 13.2 Å². The quantitative estimate of drug-likeness (QED) is 0.369. The summed E-state index contributed by atoms with van der Waals surface area (Å²) in [5.74, 6) is 1.47. The fourth-order valence-electron chi connectivity index (χ4n) is 3.63. The zero-order chi connectivity index (χ0) is 16.5. The van der Waals surface area contributed by atoms with Gasteiger partial charge in [-0.1, -0.05) is 13.8 Å². The highest BCUT2D eigenvalue weighted by Crippen LogP contribution is 2.52. The lowest BCUT2D eigenvalue weighted by molar-refractivity contribution is -0.106. The number of nitrogens with one attached hydrogen (secondary N) is 2. The molecule has 0 amide bonds. The number of hydrogen-bond acceptors (Lipinski definition) is 4. The fraction of sp³-hybridized carbons (Fsp3) is 0.933. The minimum atomic E-state index is -2.93. The van der Waals surface area contributed by atoms with Crippen LogP contribution in [-0.4, -0.2) is 58.2 Å². The number of nitrogens with zero attached hydrogens (tertiary/aromatic N) is 1. The topological polar surface area (TPSA) is 79.8 Å². The number of aliphatic imine (C=N–C) groups is 1. The molecule has 2 rings (SSSR count). The van der Waals surface area contributed by atoms with Gasteiger partial charge >= 0.3 is 0 Å². The van der Waals surface area contributed by atoms with E-state index in [1.54, 1.807) is 7.05 Å². The summed E-state index contributed by atoms with van der Waals surface area (Å²) < 4.78 is 28.3. The molecule has 8 heteroatoms. The Bertz CT molecular complexity index is 536. The maximum atomic E-state index is 11.2. The molecule has 1 aliphatic carbocycles. The Kier molecular flexibility index (Phi) is 7.16. The van der Waals surface area contributed by atoms with Crippen LogP contribution in [0.25, 0.3) is 0 Å². The van der Waals surface area contributed by atoms with E-state index in [-0.39, 0.29) is 41.2 Å². The summed E-state index contributed by atoms with van der Waals surface area (Å²) in [5, 5.41) is 6.79. The van der Waals surface area contributed by atoms with E-state index in [0.29, 0.717) is 24.5 Å². The van der Waals surface area contributed by atoms with Gasteiger partial charge in [0.15, 0.2) is 5.96 Å². The van der Waals surface area contributed by atoms with Gasteiger partial charge in [-0.15, -0.1) is 24.0 Å². The van der Waals surface area contributed by atoms with Gasteiger partial charge in [0.05, 0.1) is 11.9 Å². The third kappa shape index (κ3) is 4.94. The van der Waals surface area contributed by atoms with Crippen molar-refractivity contribution in [2.75, 3.05) is 25.7 Å².